The van der Waals surface area contributed by atoms with Gasteiger partial charge in [-0.25, -0.2) is 4.98 Å². The number of aromatic nitrogens is 1. The predicted molar refractivity (Wildman–Crippen MR) is 79.7 cm³/mol. The normalized spacial score (nSPS) is 16.3. The molecular weight excluding hydrogens is 270 g/mol. The van der Waals surface area contributed by atoms with Crippen molar-refractivity contribution >= 4 is 17.2 Å². The molecular formula is C15H17N3OS. The average Bonchev–Trinajstić information content (AvgIpc) is 3.03. The van der Waals surface area contributed by atoms with E-state index in [1.165, 1.54) is 16.9 Å². The third-order valence-corrected chi connectivity index (χ3v) is 4.28. The number of piperazine rings is 1. The Bertz CT molecular complexity index is 548. The van der Waals surface area contributed by atoms with Crippen LogP contribution in [0, 0.1) is 0 Å². The fraction of sp³-hybridized carbons (Fsp3) is 0.333. The third-order valence-electron chi connectivity index (χ3n) is 3.52. The Morgan fingerprint density at radius 1 is 1.15 bits per heavy atom. The van der Waals surface area contributed by atoms with E-state index < -0.39 is 0 Å². The molecule has 1 aromatic carbocycles. The van der Waals surface area contributed by atoms with Crippen LogP contribution in [0.1, 0.15) is 15.4 Å². The second-order valence-corrected chi connectivity index (χ2v) is 5.79. The smallest absolute Gasteiger partial charge is 0.282 e. The molecule has 0 aliphatic carbocycles. The van der Waals surface area contributed by atoms with E-state index >= 15 is 0 Å². The van der Waals surface area contributed by atoms with Gasteiger partial charge in [-0.1, -0.05) is 30.3 Å². The molecule has 20 heavy (non-hydrogen) atoms. The minimum absolute atomic E-state index is 0.0689. The van der Waals surface area contributed by atoms with Crippen molar-refractivity contribution in [3.63, 3.8) is 0 Å². The highest BCUT2D eigenvalue weighted by molar-refractivity contribution is 7.11. The van der Waals surface area contributed by atoms with Crippen LogP contribution in [0.5, 0.6) is 0 Å². The number of benzene rings is 1. The molecule has 4 nitrogen and oxygen atoms in total. The van der Waals surface area contributed by atoms with Gasteiger partial charge in [0.15, 0.2) is 5.01 Å². The number of hydrogen-bond donors (Lipinski definition) is 0. The summed E-state index contributed by atoms with van der Waals surface area (Å²) < 4.78 is 0. The van der Waals surface area contributed by atoms with Crippen molar-refractivity contribution in [1.82, 2.24) is 14.8 Å². The molecule has 1 amide bonds. The van der Waals surface area contributed by atoms with E-state index in [4.69, 9.17) is 0 Å². The van der Waals surface area contributed by atoms with Crippen LogP contribution in [-0.4, -0.2) is 46.9 Å². The number of rotatable bonds is 3. The van der Waals surface area contributed by atoms with E-state index in [0.717, 1.165) is 32.7 Å². The molecule has 0 spiro atoms. The van der Waals surface area contributed by atoms with Crippen molar-refractivity contribution in [2.75, 3.05) is 26.2 Å². The largest absolute Gasteiger partial charge is 0.334 e. The first kappa shape index (κ1) is 13.3. The van der Waals surface area contributed by atoms with Gasteiger partial charge < -0.3 is 4.90 Å². The maximum atomic E-state index is 12.2. The van der Waals surface area contributed by atoms with Gasteiger partial charge in [-0.3, -0.25) is 9.69 Å². The summed E-state index contributed by atoms with van der Waals surface area (Å²) in [4.78, 5) is 20.6. The second kappa shape index (κ2) is 6.15. The maximum Gasteiger partial charge on any atom is 0.282 e. The highest BCUT2D eigenvalue weighted by atomic mass is 32.1. The Kier molecular flexibility index (Phi) is 4.08. The van der Waals surface area contributed by atoms with Gasteiger partial charge >= 0.3 is 0 Å². The van der Waals surface area contributed by atoms with Crippen LogP contribution in [0.2, 0.25) is 0 Å². The molecule has 0 N–H and O–H groups in total. The molecule has 5 heteroatoms. The lowest BCUT2D eigenvalue weighted by Gasteiger charge is -2.34. The molecule has 1 aliphatic heterocycles. The van der Waals surface area contributed by atoms with Gasteiger partial charge in [0.05, 0.1) is 0 Å². The van der Waals surface area contributed by atoms with E-state index in [-0.39, 0.29) is 5.91 Å². The summed E-state index contributed by atoms with van der Waals surface area (Å²) in [5.74, 6) is 0.0689. The van der Waals surface area contributed by atoms with Gasteiger partial charge in [0, 0.05) is 44.3 Å². The average molecular weight is 287 g/mol. The van der Waals surface area contributed by atoms with Crippen molar-refractivity contribution in [2.24, 2.45) is 0 Å². The SMILES string of the molecule is O=C(c1nccs1)N1CCN(Cc2ccccc2)CC1. The molecule has 2 aromatic rings. The van der Waals surface area contributed by atoms with Crippen LogP contribution in [0.4, 0.5) is 0 Å². The molecule has 0 radical (unpaired) electrons. The minimum Gasteiger partial charge on any atom is -0.334 e. The van der Waals surface area contributed by atoms with Gasteiger partial charge in [-0.15, -0.1) is 11.3 Å². The van der Waals surface area contributed by atoms with E-state index in [0.29, 0.717) is 5.01 Å². The number of hydrogen-bond acceptors (Lipinski definition) is 4. The van der Waals surface area contributed by atoms with E-state index in [1.54, 1.807) is 6.20 Å². The lowest BCUT2D eigenvalue weighted by molar-refractivity contribution is 0.0628. The molecule has 0 unspecified atom stereocenters. The summed E-state index contributed by atoms with van der Waals surface area (Å²) in [6.45, 7) is 4.37. The first-order chi connectivity index (χ1) is 9.83. The summed E-state index contributed by atoms with van der Waals surface area (Å²) in [7, 11) is 0. The summed E-state index contributed by atoms with van der Waals surface area (Å²) in [6, 6.07) is 10.5. The zero-order valence-corrected chi connectivity index (χ0v) is 12.1. The van der Waals surface area contributed by atoms with Crippen LogP contribution in [0.25, 0.3) is 0 Å². The maximum absolute atomic E-state index is 12.2. The molecule has 104 valence electrons. The Hall–Kier alpha value is -1.72. The van der Waals surface area contributed by atoms with Crippen LogP contribution in [-0.2, 0) is 6.54 Å². The number of amides is 1. The molecule has 1 aliphatic rings. The highest BCUT2D eigenvalue weighted by Gasteiger charge is 2.23. The zero-order valence-electron chi connectivity index (χ0n) is 11.2. The molecule has 1 aromatic heterocycles. The summed E-state index contributed by atoms with van der Waals surface area (Å²) >= 11 is 1.41. The van der Waals surface area contributed by atoms with Crippen LogP contribution < -0.4 is 0 Å². The highest BCUT2D eigenvalue weighted by Crippen LogP contribution is 2.12. The fourth-order valence-corrected chi connectivity index (χ4v) is 3.02. The van der Waals surface area contributed by atoms with Gasteiger partial charge in [0.2, 0.25) is 0 Å². The fourth-order valence-electron chi connectivity index (χ4n) is 2.42. The van der Waals surface area contributed by atoms with Crippen molar-refractivity contribution in [2.45, 2.75) is 6.54 Å². The predicted octanol–water partition coefficient (Wildman–Crippen LogP) is 2.10. The quantitative estimate of drug-likeness (QED) is 0.867. The van der Waals surface area contributed by atoms with E-state index in [2.05, 4.69) is 34.1 Å². The summed E-state index contributed by atoms with van der Waals surface area (Å²) in [6.07, 6.45) is 1.68. The molecule has 1 fully saturated rings. The lowest BCUT2D eigenvalue weighted by atomic mass is 10.2. The molecule has 1 saturated heterocycles. The van der Waals surface area contributed by atoms with Gasteiger partial charge in [-0.2, -0.15) is 0 Å². The standard InChI is InChI=1S/C15H17N3OS/c19-15(14-16-6-11-20-14)18-9-7-17(8-10-18)12-13-4-2-1-3-5-13/h1-6,11H,7-10,12H2. The van der Waals surface area contributed by atoms with E-state index in [9.17, 15) is 4.79 Å². The Morgan fingerprint density at radius 2 is 1.90 bits per heavy atom. The summed E-state index contributed by atoms with van der Waals surface area (Å²) in [5, 5.41) is 2.44. The van der Waals surface area contributed by atoms with Crippen LogP contribution in [0.15, 0.2) is 41.9 Å². The first-order valence-electron chi connectivity index (χ1n) is 6.78. The van der Waals surface area contributed by atoms with Gasteiger partial charge in [0.1, 0.15) is 0 Å². The van der Waals surface area contributed by atoms with Crippen molar-refractivity contribution in [3.8, 4) is 0 Å². The monoisotopic (exact) mass is 287 g/mol. The molecule has 0 saturated carbocycles. The molecule has 3 rings (SSSR count). The number of nitrogens with zero attached hydrogens (tertiary/aromatic N) is 3. The summed E-state index contributed by atoms with van der Waals surface area (Å²) in [5.41, 5.74) is 1.33. The third kappa shape index (κ3) is 3.05. The Morgan fingerprint density at radius 3 is 2.55 bits per heavy atom. The second-order valence-electron chi connectivity index (χ2n) is 4.89. The van der Waals surface area contributed by atoms with Gasteiger partial charge in [-0.05, 0) is 5.56 Å². The molecule has 0 atom stereocenters. The number of thiazole rings is 1. The van der Waals surface area contributed by atoms with Crippen molar-refractivity contribution in [1.29, 1.82) is 0 Å². The van der Waals surface area contributed by atoms with Crippen molar-refractivity contribution < 1.29 is 4.79 Å². The molecule has 2 heterocycles. The van der Waals surface area contributed by atoms with Crippen LogP contribution >= 0.6 is 11.3 Å². The minimum atomic E-state index is 0.0689. The first-order valence-corrected chi connectivity index (χ1v) is 7.66. The van der Waals surface area contributed by atoms with E-state index in [1.807, 2.05) is 16.3 Å². The topological polar surface area (TPSA) is 36.4 Å². The Balaban J connectivity index is 1.53. The molecule has 0 bridgehead atoms. The number of carbonyl (C=O) groups excluding carboxylic acids is 1. The van der Waals surface area contributed by atoms with Crippen LogP contribution in [0.3, 0.4) is 0 Å². The van der Waals surface area contributed by atoms with Gasteiger partial charge in [0.25, 0.3) is 5.91 Å². The Labute approximate surface area is 122 Å². The number of carbonyl (C=O) groups is 1. The lowest BCUT2D eigenvalue weighted by Crippen LogP contribution is -2.48. The van der Waals surface area contributed by atoms with Crippen molar-refractivity contribution in [3.05, 3.63) is 52.5 Å². The zero-order chi connectivity index (χ0) is 13.8.